The number of carbonyl (C=O) groups excluding carboxylic acids is 1. The zero-order chi connectivity index (χ0) is 18.4. The Kier molecular flexibility index (Phi) is 5.43. The van der Waals surface area contributed by atoms with Gasteiger partial charge in [-0.3, -0.25) is 4.79 Å². The summed E-state index contributed by atoms with van der Waals surface area (Å²) < 4.78 is 19.2. The predicted octanol–water partition coefficient (Wildman–Crippen LogP) is 3.02. The van der Waals surface area contributed by atoms with Crippen LogP contribution in [0.25, 0.3) is 0 Å². The van der Waals surface area contributed by atoms with Crippen LogP contribution in [-0.4, -0.2) is 27.9 Å². The van der Waals surface area contributed by atoms with E-state index in [9.17, 15) is 9.18 Å². The van der Waals surface area contributed by atoms with E-state index < -0.39 is 11.7 Å². The monoisotopic (exact) mass is 355 g/mol. The summed E-state index contributed by atoms with van der Waals surface area (Å²) in [6.45, 7) is 2.77. The first kappa shape index (κ1) is 17.4. The number of hydrogen-bond donors (Lipinski definition) is 3. The second kappa shape index (κ2) is 8.11. The van der Waals surface area contributed by atoms with Crippen LogP contribution in [0.4, 0.5) is 15.9 Å². The number of ether oxygens (including phenoxy) is 1. The van der Waals surface area contributed by atoms with Crippen LogP contribution in [0.3, 0.4) is 0 Å². The average Bonchev–Trinajstić information content (AvgIpc) is 3.11. The molecule has 3 N–H and O–H groups in total. The molecule has 0 atom stereocenters. The van der Waals surface area contributed by atoms with Crippen LogP contribution in [0.5, 0.6) is 5.75 Å². The molecule has 0 spiro atoms. The minimum Gasteiger partial charge on any atom is -0.494 e. The van der Waals surface area contributed by atoms with Crippen molar-refractivity contribution in [3.05, 3.63) is 65.6 Å². The largest absolute Gasteiger partial charge is 0.494 e. The molecule has 0 aliphatic heterocycles. The van der Waals surface area contributed by atoms with Crippen molar-refractivity contribution < 1.29 is 13.9 Å². The number of para-hydroxylation sites is 1. The van der Waals surface area contributed by atoms with Gasteiger partial charge in [0.1, 0.15) is 11.6 Å². The van der Waals surface area contributed by atoms with E-state index in [1.165, 1.54) is 6.07 Å². The van der Waals surface area contributed by atoms with E-state index in [1.807, 2.05) is 31.2 Å². The molecule has 26 heavy (non-hydrogen) atoms. The molecule has 1 aromatic heterocycles. The van der Waals surface area contributed by atoms with Crippen LogP contribution in [0.2, 0.25) is 0 Å². The van der Waals surface area contributed by atoms with Gasteiger partial charge >= 0.3 is 0 Å². The van der Waals surface area contributed by atoms with E-state index in [2.05, 4.69) is 26.0 Å². The molecule has 0 unspecified atom stereocenters. The Hall–Kier alpha value is -3.42. The summed E-state index contributed by atoms with van der Waals surface area (Å²) in [6.07, 6.45) is 0. The van der Waals surface area contributed by atoms with Crippen molar-refractivity contribution in [2.24, 2.45) is 0 Å². The molecule has 0 aliphatic rings. The zero-order valence-electron chi connectivity index (χ0n) is 14.1. The van der Waals surface area contributed by atoms with Crippen LogP contribution in [0, 0.1) is 5.82 Å². The Morgan fingerprint density at radius 3 is 2.85 bits per heavy atom. The third-order valence-electron chi connectivity index (χ3n) is 3.55. The summed E-state index contributed by atoms with van der Waals surface area (Å²) in [5.41, 5.74) is 1.14. The number of nitrogens with one attached hydrogen (secondary N) is 3. The van der Waals surface area contributed by atoms with Crippen LogP contribution in [0.15, 0.2) is 48.5 Å². The summed E-state index contributed by atoms with van der Waals surface area (Å²) in [5.74, 6) is 0.00672. The Morgan fingerprint density at radius 1 is 1.19 bits per heavy atom. The van der Waals surface area contributed by atoms with Crippen molar-refractivity contribution in [3.63, 3.8) is 0 Å². The van der Waals surface area contributed by atoms with Gasteiger partial charge in [0.15, 0.2) is 11.5 Å². The molecule has 0 saturated carbocycles. The number of rotatable bonds is 7. The standard InChI is InChI=1S/C18H18FN5O2/c1-2-26-13-7-5-6-12(10-13)11-20-18(25)16-17(23-24-22-16)21-15-9-4-3-8-14(15)19/h3-10H,2,11H2,1H3,(H,20,25)(H2,21,22,23,24). The van der Waals surface area contributed by atoms with Crippen LogP contribution in [0.1, 0.15) is 23.0 Å². The molecule has 2 aromatic carbocycles. The molecule has 134 valence electrons. The third-order valence-corrected chi connectivity index (χ3v) is 3.55. The number of amides is 1. The number of anilines is 2. The van der Waals surface area contributed by atoms with Crippen molar-refractivity contribution in [2.75, 3.05) is 11.9 Å². The van der Waals surface area contributed by atoms with E-state index in [1.54, 1.807) is 18.2 Å². The van der Waals surface area contributed by atoms with Gasteiger partial charge in [-0.2, -0.15) is 5.21 Å². The quantitative estimate of drug-likeness (QED) is 0.606. The number of hydrogen-bond acceptors (Lipinski definition) is 5. The lowest BCUT2D eigenvalue weighted by atomic mass is 10.2. The topological polar surface area (TPSA) is 91.9 Å². The van der Waals surface area contributed by atoms with Gasteiger partial charge in [0, 0.05) is 6.54 Å². The highest BCUT2D eigenvalue weighted by atomic mass is 19.1. The molecule has 0 bridgehead atoms. The Labute approximate surface area is 149 Å². The fourth-order valence-corrected chi connectivity index (χ4v) is 2.34. The molecular formula is C18H18FN5O2. The van der Waals surface area contributed by atoms with Crippen molar-refractivity contribution in [2.45, 2.75) is 13.5 Å². The number of aromatic amines is 1. The van der Waals surface area contributed by atoms with Gasteiger partial charge in [0.05, 0.1) is 12.3 Å². The number of halogens is 1. The molecule has 3 rings (SSSR count). The van der Waals surface area contributed by atoms with E-state index in [4.69, 9.17) is 4.74 Å². The molecule has 1 heterocycles. The fourth-order valence-electron chi connectivity index (χ4n) is 2.34. The summed E-state index contributed by atoms with van der Waals surface area (Å²) in [7, 11) is 0. The number of carbonyl (C=O) groups is 1. The second-order valence-electron chi connectivity index (χ2n) is 5.39. The average molecular weight is 355 g/mol. The SMILES string of the molecule is CCOc1cccc(CNC(=O)c2n[nH]nc2Nc2ccccc2F)c1. The minimum absolute atomic E-state index is 0.0502. The summed E-state index contributed by atoms with van der Waals surface area (Å²) in [6, 6.07) is 13.5. The number of H-pyrrole nitrogens is 1. The van der Waals surface area contributed by atoms with Gasteiger partial charge < -0.3 is 15.4 Å². The van der Waals surface area contributed by atoms with Crippen LogP contribution >= 0.6 is 0 Å². The maximum absolute atomic E-state index is 13.8. The number of benzene rings is 2. The molecule has 3 aromatic rings. The number of aromatic nitrogens is 3. The summed E-state index contributed by atoms with van der Waals surface area (Å²) in [4.78, 5) is 12.4. The van der Waals surface area contributed by atoms with Crippen molar-refractivity contribution >= 4 is 17.4 Å². The first-order valence-electron chi connectivity index (χ1n) is 8.09. The fraction of sp³-hybridized carbons (Fsp3) is 0.167. The molecule has 0 radical (unpaired) electrons. The van der Waals surface area contributed by atoms with Crippen LogP contribution < -0.4 is 15.4 Å². The third kappa shape index (κ3) is 4.15. The maximum atomic E-state index is 13.8. The summed E-state index contributed by atoms with van der Waals surface area (Å²) in [5, 5.41) is 15.6. The van der Waals surface area contributed by atoms with Gasteiger partial charge in [-0.1, -0.05) is 24.3 Å². The Bertz CT molecular complexity index is 897. The van der Waals surface area contributed by atoms with Gasteiger partial charge in [-0.15, -0.1) is 10.2 Å². The van der Waals surface area contributed by atoms with Crippen molar-refractivity contribution in [3.8, 4) is 5.75 Å². The predicted molar refractivity (Wildman–Crippen MR) is 94.8 cm³/mol. The van der Waals surface area contributed by atoms with E-state index in [0.717, 1.165) is 11.3 Å². The van der Waals surface area contributed by atoms with E-state index >= 15 is 0 Å². The molecule has 0 fully saturated rings. The normalized spacial score (nSPS) is 10.4. The molecule has 0 aliphatic carbocycles. The number of nitrogens with zero attached hydrogens (tertiary/aromatic N) is 2. The molecule has 7 nitrogen and oxygen atoms in total. The van der Waals surface area contributed by atoms with Crippen molar-refractivity contribution in [1.82, 2.24) is 20.7 Å². The maximum Gasteiger partial charge on any atom is 0.275 e. The van der Waals surface area contributed by atoms with Crippen molar-refractivity contribution in [1.29, 1.82) is 0 Å². The molecule has 8 heteroatoms. The Balaban J connectivity index is 1.67. The molecule has 1 amide bonds. The van der Waals surface area contributed by atoms with Crippen LogP contribution in [-0.2, 0) is 6.54 Å². The lowest BCUT2D eigenvalue weighted by Gasteiger charge is -2.08. The summed E-state index contributed by atoms with van der Waals surface area (Å²) >= 11 is 0. The van der Waals surface area contributed by atoms with Gasteiger partial charge in [0.25, 0.3) is 5.91 Å². The van der Waals surface area contributed by atoms with Gasteiger partial charge in [0.2, 0.25) is 0 Å². The molecular weight excluding hydrogens is 337 g/mol. The smallest absolute Gasteiger partial charge is 0.275 e. The Morgan fingerprint density at radius 2 is 2.04 bits per heavy atom. The highest BCUT2D eigenvalue weighted by Gasteiger charge is 2.17. The lowest BCUT2D eigenvalue weighted by molar-refractivity contribution is 0.0946. The molecule has 0 saturated heterocycles. The van der Waals surface area contributed by atoms with E-state index in [-0.39, 0.29) is 17.2 Å². The zero-order valence-corrected chi connectivity index (χ0v) is 14.1. The lowest BCUT2D eigenvalue weighted by Crippen LogP contribution is -2.24. The van der Waals surface area contributed by atoms with E-state index in [0.29, 0.717) is 13.2 Å². The highest BCUT2D eigenvalue weighted by molar-refractivity contribution is 5.97. The van der Waals surface area contributed by atoms with Gasteiger partial charge in [-0.25, -0.2) is 4.39 Å². The minimum atomic E-state index is -0.449. The first-order valence-corrected chi connectivity index (χ1v) is 8.09. The highest BCUT2D eigenvalue weighted by Crippen LogP contribution is 2.20. The van der Waals surface area contributed by atoms with Gasteiger partial charge in [-0.05, 0) is 36.8 Å². The first-order chi connectivity index (χ1) is 12.7. The second-order valence-corrected chi connectivity index (χ2v) is 5.39.